The molecule has 28 heavy (non-hydrogen) atoms. The highest BCUT2D eigenvalue weighted by Crippen LogP contribution is 2.26. The van der Waals surface area contributed by atoms with Gasteiger partial charge >= 0.3 is 5.97 Å². The molecule has 0 aliphatic rings. The molecule has 3 aromatic rings. The van der Waals surface area contributed by atoms with E-state index in [1.807, 2.05) is 63.2 Å². The van der Waals surface area contributed by atoms with Crippen LogP contribution in [0.25, 0.3) is 11.0 Å². The van der Waals surface area contributed by atoms with Crippen LogP contribution < -0.4 is 4.74 Å². The maximum Gasteiger partial charge on any atom is 0.310 e. The van der Waals surface area contributed by atoms with Crippen LogP contribution >= 0.6 is 0 Å². The summed E-state index contributed by atoms with van der Waals surface area (Å²) in [6, 6.07) is 13.3. The van der Waals surface area contributed by atoms with Gasteiger partial charge in [0.15, 0.2) is 0 Å². The van der Waals surface area contributed by atoms with Crippen LogP contribution in [0.15, 0.2) is 46.9 Å². The average Bonchev–Trinajstić information content (AvgIpc) is 3.13. The first-order valence-corrected chi connectivity index (χ1v) is 9.59. The second-order valence-corrected chi connectivity index (χ2v) is 6.08. The number of benzene rings is 2. The van der Waals surface area contributed by atoms with Crippen molar-refractivity contribution in [2.75, 3.05) is 6.61 Å². The summed E-state index contributed by atoms with van der Waals surface area (Å²) in [5.74, 6) is 0.943. The number of hydrogen-bond acceptors (Lipinski definition) is 5. The van der Waals surface area contributed by atoms with E-state index < -0.39 is 0 Å². The molecule has 1 heterocycles. The Morgan fingerprint density at radius 2 is 1.89 bits per heavy atom. The summed E-state index contributed by atoms with van der Waals surface area (Å²) in [4.78, 5) is 11.8. The van der Waals surface area contributed by atoms with Crippen molar-refractivity contribution in [3.63, 3.8) is 0 Å². The quantitative estimate of drug-likeness (QED) is 0.584. The molecule has 2 aromatic carbocycles. The van der Waals surface area contributed by atoms with Crippen molar-refractivity contribution < 1.29 is 23.8 Å². The number of rotatable bonds is 7. The van der Waals surface area contributed by atoms with Crippen molar-refractivity contribution in [1.29, 1.82) is 0 Å². The summed E-state index contributed by atoms with van der Waals surface area (Å²) in [5.41, 5.74) is 3.56. The number of para-hydroxylation sites is 1. The zero-order valence-electron chi connectivity index (χ0n) is 17.0. The third-order valence-corrected chi connectivity index (χ3v) is 4.08. The lowest BCUT2D eigenvalue weighted by Gasteiger charge is -2.12. The van der Waals surface area contributed by atoms with Gasteiger partial charge in [-0.15, -0.1) is 0 Å². The molecular weight excluding hydrogens is 356 g/mol. The highest BCUT2D eigenvalue weighted by atomic mass is 16.5. The Morgan fingerprint density at radius 1 is 1.14 bits per heavy atom. The van der Waals surface area contributed by atoms with E-state index in [-0.39, 0.29) is 19.0 Å². The topological polar surface area (TPSA) is 68.9 Å². The van der Waals surface area contributed by atoms with Gasteiger partial charge in [-0.3, -0.25) is 4.79 Å². The fourth-order valence-electron chi connectivity index (χ4n) is 2.94. The molecule has 5 heteroatoms. The molecule has 0 fully saturated rings. The van der Waals surface area contributed by atoms with Gasteiger partial charge in [-0.05, 0) is 49.2 Å². The fourth-order valence-corrected chi connectivity index (χ4v) is 2.94. The Morgan fingerprint density at radius 3 is 2.61 bits per heavy atom. The maximum absolute atomic E-state index is 11.8. The van der Waals surface area contributed by atoms with Gasteiger partial charge < -0.3 is 19.0 Å². The van der Waals surface area contributed by atoms with Crippen LogP contribution in [0.4, 0.5) is 0 Å². The normalized spacial score (nSPS) is 10.3. The van der Waals surface area contributed by atoms with Gasteiger partial charge in [0, 0.05) is 10.9 Å². The van der Waals surface area contributed by atoms with E-state index in [9.17, 15) is 9.90 Å². The van der Waals surface area contributed by atoms with Crippen LogP contribution in [0.5, 0.6) is 5.75 Å². The Balaban J connectivity index is 0.00000136. The summed E-state index contributed by atoms with van der Waals surface area (Å²) in [6.45, 7) is 8.36. The van der Waals surface area contributed by atoms with Gasteiger partial charge in [0.25, 0.3) is 0 Å². The number of aliphatic hydroxyl groups excluding tert-OH is 1. The third kappa shape index (κ3) is 5.36. The average molecular weight is 384 g/mol. The monoisotopic (exact) mass is 384 g/mol. The maximum atomic E-state index is 11.8. The Bertz CT molecular complexity index is 910. The minimum Gasteiger partial charge on any atom is -0.489 e. The van der Waals surface area contributed by atoms with E-state index in [4.69, 9.17) is 13.9 Å². The molecule has 0 atom stereocenters. The lowest BCUT2D eigenvalue weighted by Crippen LogP contribution is -2.09. The lowest BCUT2D eigenvalue weighted by molar-refractivity contribution is -0.142. The lowest BCUT2D eigenvalue weighted by atomic mass is 10.1. The smallest absolute Gasteiger partial charge is 0.310 e. The molecule has 1 aromatic heterocycles. The molecule has 0 saturated carbocycles. The zero-order chi connectivity index (χ0) is 20.5. The van der Waals surface area contributed by atoms with Crippen molar-refractivity contribution in [2.45, 2.75) is 47.3 Å². The molecule has 5 nitrogen and oxygen atoms in total. The van der Waals surface area contributed by atoms with Gasteiger partial charge in [-0.1, -0.05) is 32.0 Å². The van der Waals surface area contributed by atoms with Crippen molar-refractivity contribution in [3.05, 3.63) is 64.9 Å². The van der Waals surface area contributed by atoms with Crippen LogP contribution in [0.2, 0.25) is 0 Å². The number of furan rings is 1. The number of esters is 1. The van der Waals surface area contributed by atoms with E-state index in [2.05, 4.69) is 0 Å². The Labute approximate surface area is 165 Å². The van der Waals surface area contributed by atoms with Gasteiger partial charge in [0.2, 0.25) is 0 Å². The molecule has 1 N–H and O–H groups in total. The Hall–Kier alpha value is -2.79. The first kappa shape index (κ1) is 21.5. The molecule has 0 unspecified atom stereocenters. The number of carbonyl (C=O) groups excluding carboxylic acids is 1. The predicted octanol–water partition coefficient (Wildman–Crippen LogP) is 4.94. The highest BCUT2D eigenvalue weighted by molar-refractivity contribution is 5.81. The van der Waals surface area contributed by atoms with Gasteiger partial charge in [-0.2, -0.15) is 0 Å². The fraction of sp³-hybridized carbons (Fsp3) is 0.348. The molecule has 0 amide bonds. The predicted molar refractivity (Wildman–Crippen MR) is 109 cm³/mol. The molecular formula is C23H28O5. The molecule has 150 valence electrons. The molecule has 0 aliphatic carbocycles. The minimum atomic E-state index is -0.268. The highest BCUT2D eigenvalue weighted by Gasteiger charge is 2.11. The van der Waals surface area contributed by atoms with Crippen LogP contribution in [0.1, 0.15) is 43.2 Å². The van der Waals surface area contributed by atoms with Crippen molar-refractivity contribution in [3.8, 4) is 5.75 Å². The summed E-state index contributed by atoms with van der Waals surface area (Å²) in [5, 5.41) is 10.2. The van der Waals surface area contributed by atoms with Crippen molar-refractivity contribution in [1.82, 2.24) is 0 Å². The number of aryl methyl sites for hydroxylation is 1. The van der Waals surface area contributed by atoms with Crippen LogP contribution in [-0.4, -0.2) is 17.7 Å². The summed E-state index contributed by atoms with van der Waals surface area (Å²) in [6.07, 6.45) is 0.184. The molecule has 0 saturated heterocycles. The molecule has 3 rings (SSSR count). The zero-order valence-corrected chi connectivity index (χ0v) is 17.0. The molecule has 0 spiro atoms. The van der Waals surface area contributed by atoms with Gasteiger partial charge in [-0.25, -0.2) is 0 Å². The van der Waals surface area contributed by atoms with E-state index >= 15 is 0 Å². The number of aliphatic hydroxyl groups is 1. The van der Waals surface area contributed by atoms with E-state index in [0.29, 0.717) is 24.7 Å². The van der Waals surface area contributed by atoms with Gasteiger partial charge in [0.05, 0.1) is 13.0 Å². The second-order valence-electron chi connectivity index (χ2n) is 6.08. The number of ether oxygens (including phenoxy) is 2. The first-order chi connectivity index (χ1) is 13.6. The number of hydrogen-bond donors (Lipinski definition) is 1. The van der Waals surface area contributed by atoms with Crippen LogP contribution in [-0.2, 0) is 29.2 Å². The van der Waals surface area contributed by atoms with E-state index in [0.717, 1.165) is 27.7 Å². The van der Waals surface area contributed by atoms with E-state index in [1.165, 1.54) is 0 Å². The Kier molecular flexibility index (Phi) is 8.08. The third-order valence-electron chi connectivity index (χ3n) is 4.08. The number of carbonyl (C=O) groups is 1. The molecule has 0 aliphatic heterocycles. The summed E-state index contributed by atoms with van der Waals surface area (Å²) < 4.78 is 16.6. The minimum absolute atomic E-state index is 0.124. The van der Waals surface area contributed by atoms with Crippen molar-refractivity contribution in [2.24, 2.45) is 0 Å². The van der Waals surface area contributed by atoms with E-state index in [1.54, 1.807) is 6.92 Å². The first-order valence-electron chi connectivity index (χ1n) is 9.59. The molecule has 0 radical (unpaired) electrons. The second kappa shape index (κ2) is 10.5. The van der Waals surface area contributed by atoms with Crippen LogP contribution in [0.3, 0.4) is 0 Å². The molecule has 0 bridgehead atoms. The van der Waals surface area contributed by atoms with Crippen molar-refractivity contribution >= 4 is 16.9 Å². The summed E-state index contributed by atoms with van der Waals surface area (Å²) >= 11 is 0. The standard InChI is InChI=1S/C21H22O5.C2H6/c1-3-24-20(23)11-16-6-4-5-7-19(16)25-13-15-8-14(2)21-17(9-15)10-18(12-22)26-21;1-2/h4-10,22H,3,11-13H2,1-2H3;1-2H3. The SMILES string of the molecule is CC.CCOC(=O)Cc1ccccc1OCc1cc(C)c2oc(CO)cc2c1. The van der Waals surface area contributed by atoms with Crippen LogP contribution in [0, 0.1) is 6.92 Å². The largest absolute Gasteiger partial charge is 0.489 e. The van der Waals surface area contributed by atoms with Gasteiger partial charge in [0.1, 0.15) is 30.3 Å². The number of fused-ring (bicyclic) bond motifs is 1. The summed E-state index contributed by atoms with van der Waals surface area (Å²) in [7, 11) is 0.